The van der Waals surface area contributed by atoms with Gasteiger partial charge in [0.2, 0.25) is 24.3 Å². The van der Waals surface area contributed by atoms with Crippen molar-refractivity contribution >= 4 is 47.8 Å². The fourth-order valence-electron chi connectivity index (χ4n) is 1.23. The second-order valence-electron chi connectivity index (χ2n) is 3.37. The molecule has 0 radical (unpaired) electrons. The van der Waals surface area contributed by atoms with E-state index < -0.39 is 4.08 Å². The summed E-state index contributed by atoms with van der Waals surface area (Å²) in [4.78, 5) is 54.6. The summed E-state index contributed by atoms with van der Waals surface area (Å²) >= 11 is 2.70. The van der Waals surface area contributed by atoms with Crippen molar-refractivity contribution in [1.82, 2.24) is 0 Å². The molecule has 0 heterocycles. The largest absolute Gasteiger partial charge is 0.235 e. The Labute approximate surface area is 129 Å². The van der Waals surface area contributed by atoms with Gasteiger partial charge in [0.1, 0.15) is 4.08 Å². The molecule has 0 aromatic carbocycles. The molecule has 0 spiro atoms. The molecule has 0 aliphatic carbocycles. The molecule has 0 N–H and O–H groups in total. The second kappa shape index (κ2) is 13.2. The van der Waals surface area contributed by atoms with Gasteiger partial charge in [0.05, 0.1) is 26.2 Å². The van der Waals surface area contributed by atoms with Crippen molar-refractivity contribution in [3.8, 4) is 0 Å². The van der Waals surface area contributed by atoms with Gasteiger partial charge in [-0.25, -0.2) is 39.1 Å². The molecule has 21 heavy (non-hydrogen) atoms. The third-order valence-corrected chi connectivity index (χ3v) is 5.08. The van der Waals surface area contributed by atoms with Crippen molar-refractivity contribution in [2.45, 2.75) is 4.08 Å². The van der Waals surface area contributed by atoms with Gasteiger partial charge in [-0.1, -0.05) is 0 Å². The number of hydrogen-bond acceptors (Lipinski definition) is 10. The van der Waals surface area contributed by atoms with E-state index in [1.807, 2.05) is 0 Å². The second-order valence-corrected chi connectivity index (χ2v) is 6.58. The van der Waals surface area contributed by atoms with Crippen LogP contribution in [0.5, 0.6) is 0 Å². The highest BCUT2D eigenvalue weighted by atomic mass is 32.2. The molecule has 8 nitrogen and oxygen atoms in total. The lowest BCUT2D eigenvalue weighted by molar-refractivity contribution is 0.560. The van der Waals surface area contributed by atoms with Crippen molar-refractivity contribution in [2.24, 2.45) is 20.0 Å². The number of carbonyl (C=O) groups excluding carboxylic acids is 4. The molecule has 0 rings (SSSR count). The van der Waals surface area contributed by atoms with E-state index in [4.69, 9.17) is 0 Å². The van der Waals surface area contributed by atoms with E-state index in [1.165, 1.54) is 47.8 Å². The van der Waals surface area contributed by atoms with Crippen molar-refractivity contribution in [3.05, 3.63) is 0 Å². The Kier molecular flexibility index (Phi) is 12.1. The number of rotatable bonds is 12. The lowest BCUT2D eigenvalue weighted by Crippen LogP contribution is -2.30. The van der Waals surface area contributed by atoms with E-state index in [-0.39, 0.29) is 26.2 Å². The van der Waals surface area contributed by atoms with Crippen LogP contribution in [0.1, 0.15) is 0 Å². The Morgan fingerprint density at radius 2 is 1.05 bits per heavy atom. The normalized spacial score (nSPS) is 11.8. The first-order valence-electron chi connectivity index (χ1n) is 5.67. The summed E-state index contributed by atoms with van der Waals surface area (Å²) in [7, 11) is 0. The van der Waals surface area contributed by atoms with E-state index >= 15 is 0 Å². The van der Waals surface area contributed by atoms with Crippen LogP contribution in [0.15, 0.2) is 20.0 Å². The minimum atomic E-state index is -0.703. The van der Waals surface area contributed by atoms with E-state index in [1.54, 1.807) is 0 Å². The van der Waals surface area contributed by atoms with Crippen LogP contribution < -0.4 is 0 Å². The molecule has 0 aliphatic heterocycles. The highest BCUT2D eigenvalue weighted by Gasteiger charge is 2.31. The summed E-state index contributed by atoms with van der Waals surface area (Å²) in [6.45, 7) is 0.649. The van der Waals surface area contributed by atoms with Gasteiger partial charge in [0.25, 0.3) is 0 Å². The van der Waals surface area contributed by atoms with Crippen molar-refractivity contribution < 1.29 is 19.2 Å². The molecule has 0 atom stereocenters. The van der Waals surface area contributed by atoms with E-state index in [2.05, 4.69) is 20.0 Å². The molecular formula is C11H12N4O4S2. The number of hydrogen-bond donors (Lipinski definition) is 0. The fourth-order valence-corrected chi connectivity index (χ4v) is 3.79. The van der Waals surface area contributed by atoms with Gasteiger partial charge in [-0.15, -0.1) is 23.5 Å². The first kappa shape index (κ1) is 19.2. The van der Waals surface area contributed by atoms with E-state index in [9.17, 15) is 19.2 Å². The third kappa shape index (κ3) is 9.71. The smallest absolute Gasteiger partial charge is 0.211 e. The Morgan fingerprint density at radius 1 is 0.667 bits per heavy atom. The van der Waals surface area contributed by atoms with Crippen molar-refractivity contribution in [3.63, 3.8) is 0 Å². The van der Waals surface area contributed by atoms with E-state index in [0.29, 0.717) is 11.5 Å². The number of aliphatic imine (C=N–C) groups is 4. The molecule has 0 fully saturated rings. The number of nitrogens with zero attached hydrogens (tertiary/aromatic N) is 4. The molecule has 0 amide bonds. The van der Waals surface area contributed by atoms with Crippen LogP contribution >= 0.6 is 23.5 Å². The first-order chi connectivity index (χ1) is 10.2. The summed E-state index contributed by atoms with van der Waals surface area (Å²) in [5.41, 5.74) is 0. The molecule has 10 heteroatoms. The van der Waals surface area contributed by atoms with Gasteiger partial charge < -0.3 is 0 Å². The highest BCUT2D eigenvalue weighted by molar-refractivity contribution is 8.18. The lowest BCUT2D eigenvalue weighted by Gasteiger charge is -2.28. The highest BCUT2D eigenvalue weighted by Crippen LogP contribution is 2.38. The predicted molar refractivity (Wildman–Crippen MR) is 79.6 cm³/mol. The minimum absolute atomic E-state index is 0.0760. The maximum Gasteiger partial charge on any atom is 0.235 e. The minimum Gasteiger partial charge on any atom is -0.211 e. The maximum absolute atomic E-state index is 10.3. The zero-order valence-electron chi connectivity index (χ0n) is 11.0. The molecule has 0 saturated heterocycles. The van der Waals surface area contributed by atoms with Gasteiger partial charge in [-0.05, 0) is 0 Å². The number of thioether (sulfide) groups is 2. The van der Waals surface area contributed by atoms with Gasteiger partial charge in [0.15, 0.2) is 0 Å². The average Bonchev–Trinajstić information content (AvgIpc) is 2.51. The maximum atomic E-state index is 10.3. The fraction of sp³-hybridized carbons (Fsp3) is 0.636. The van der Waals surface area contributed by atoms with Crippen LogP contribution in [-0.2, 0) is 19.2 Å². The van der Waals surface area contributed by atoms with Crippen LogP contribution in [0.2, 0.25) is 0 Å². The molecule has 0 unspecified atom stereocenters. The third-order valence-electron chi connectivity index (χ3n) is 2.03. The first-order valence-corrected chi connectivity index (χ1v) is 7.64. The molecule has 0 aromatic rings. The topological polar surface area (TPSA) is 118 Å². The molecule has 0 aliphatic rings. The van der Waals surface area contributed by atoms with Gasteiger partial charge >= 0.3 is 0 Å². The quantitative estimate of drug-likeness (QED) is 0.223. The Bertz CT molecular complexity index is 456. The van der Waals surface area contributed by atoms with Gasteiger partial charge in [-0.3, -0.25) is 0 Å². The monoisotopic (exact) mass is 328 g/mol. The zero-order chi connectivity index (χ0) is 15.8. The van der Waals surface area contributed by atoms with Crippen LogP contribution in [0.25, 0.3) is 0 Å². The SMILES string of the molecule is O=C=NCCSC(CN=C=O)(CN=C=O)SCCN=C=O. The zero-order valence-corrected chi connectivity index (χ0v) is 12.6. The molecule has 0 saturated carbocycles. The standard InChI is InChI=1S/C11H12N4O4S2/c16-7-12-1-3-20-11(5-14-9-18,6-15-10-19)21-4-2-13-8-17/h1-6H2. The van der Waals surface area contributed by atoms with Crippen molar-refractivity contribution in [2.75, 3.05) is 37.7 Å². The summed E-state index contributed by atoms with van der Waals surface area (Å²) in [6, 6.07) is 0. The Balaban J connectivity index is 4.88. The predicted octanol–water partition coefficient (Wildman–Crippen LogP) is 0.492. The lowest BCUT2D eigenvalue weighted by atomic mass is 10.4. The Morgan fingerprint density at radius 3 is 1.38 bits per heavy atom. The molecular weight excluding hydrogens is 316 g/mol. The molecule has 0 aromatic heterocycles. The van der Waals surface area contributed by atoms with Crippen LogP contribution in [-0.4, -0.2) is 66.1 Å². The van der Waals surface area contributed by atoms with Gasteiger partial charge in [-0.2, -0.15) is 0 Å². The van der Waals surface area contributed by atoms with Gasteiger partial charge in [0, 0.05) is 11.5 Å². The summed E-state index contributed by atoms with van der Waals surface area (Å²) < 4.78 is -0.703. The van der Waals surface area contributed by atoms with Crippen LogP contribution in [0.3, 0.4) is 0 Å². The summed E-state index contributed by atoms with van der Waals surface area (Å²) in [5.74, 6) is 0.921. The van der Waals surface area contributed by atoms with Crippen molar-refractivity contribution in [1.29, 1.82) is 0 Å². The Hall–Kier alpha value is -1.78. The summed E-state index contributed by atoms with van der Waals surface area (Å²) in [5, 5.41) is 0. The van der Waals surface area contributed by atoms with E-state index in [0.717, 1.165) is 0 Å². The molecule has 0 bridgehead atoms. The molecule has 112 valence electrons. The van der Waals surface area contributed by atoms with Crippen LogP contribution in [0, 0.1) is 0 Å². The average molecular weight is 328 g/mol. The summed E-state index contributed by atoms with van der Waals surface area (Å²) in [6.07, 6.45) is 5.73. The van der Waals surface area contributed by atoms with Crippen LogP contribution in [0.4, 0.5) is 0 Å². The number of isocyanates is 4.